The van der Waals surface area contributed by atoms with Crippen LogP contribution >= 0.6 is 7.82 Å². The highest BCUT2D eigenvalue weighted by molar-refractivity contribution is 7.45. The van der Waals surface area contributed by atoms with Gasteiger partial charge in [0.05, 0.1) is 27.7 Å². The van der Waals surface area contributed by atoms with Gasteiger partial charge in [0, 0.05) is 6.42 Å². The first kappa shape index (κ1) is 28.5. The highest BCUT2D eigenvalue weighted by Crippen LogP contribution is 2.38. The maximum atomic E-state index is 11.7. The lowest BCUT2D eigenvalue weighted by Crippen LogP contribution is -2.37. The van der Waals surface area contributed by atoms with Crippen LogP contribution in [-0.2, 0) is 23.1 Å². The maximum Gasteiger partial charge on any atom is 0.305 e. The van der Waals surface area contributed by atoms with E-state index in [4.69, 9.17) is 9.26 Å². The van der Waals surface area contributed by atoms with Crippen LogP contribution in [0.4, 0.5) is 0 Å². The van der Waals surface area contributed by atoms with E-state index in [1.165, 1.54) is 38.5 Å². The molecule has 0 bridgehead atoms. The summed E-state index contributed by atoms with van der Waals surface area (Å²) in [5, 5.41) is 9.73. The van der Waals surface area contributed by atoms with Gasteiger partial charge in [-0.1, -0.05) is 58.3 Å². The fourth-order valence-corrected chi connectivity index (χ4v) is 3.26. The largest absolute Gasteiger partial charge is 0.756 e. The molecule has 9 heteroatoms. The Hall–Kier alpha value is -0.500. The molecule has 0 aliphatic heterocycles. The molecule has 0 fully saturated rings. The van der Waals surface area contributed by atoms with Crippen LogP contribution in [0, 0.1) is 0 Å². The minimum Gasteiger partial charge on any atom is -0.756 e. The van der Waals surface area contributed by atoms with Crippen molar-refractivity contribution < 1.29 is 37.6 Å². The minimum absolute atomic E-state index is 0.00585. The van der Waals surface area contributed by atoms with E-state index in [2.05, 4.69) is 11.4 Å². The Labute approximate surface area is 176 Å². The maximum absolute atomic E-state index is 11.7. The van der Waals surface area contributed by atoms with E-state index >= 15 is 0 Å². The molecule has 0 saturated heterocycles. The molecule has 0 rings (SSSR count). The number of hydrogen-bond acceptors (Lipinski definition) is 7. The zero-order chi connectivity index (χ0) is 22.2. The number of aliphatic hydroxyl groups excluding tert-OH is 1. The number of hydrogen-bond donors (Lipinski definition) is 1. The average Bonchev–Trinajstić information content (AvgIpc) is 2.62. The number of ether oxygens (including phenoxy) is 1. The van der Waals surface area contributed by atoms with Crippen molar-refractivity contribution in [3.8, 4) is 0 Å². The number of aliphatic hydroxyl groups is 1. The van der Waals surface area contributed by atoms with E-state index in [9.17, 15) is 19.4 Å². The van der Waals surface area contributed by atoms with Gasteiger partial charge in [-0.25, -0.2) is 0 Å². The van der Waals surface area contributed by atoms with Gasteiger partial charge >= 0.3 is 5.97 Å². The van der Waals surface area contributed by atoms with Gasteiger partial charge in [0.25, 0.3) is 7.82 Å². The second-order valence-corrected chi connectivity index (χ2v) is 9.92. The highest BCUT2D eigenvalue weighted by Gasteiger charge is 2.16. The lowest BCUT2D eigenvalue weighted by atomic mass is 10.1. The smallest absolute Gasteiger partial charge is 0.305 e. The highest BCUT2D eigenvalue weighted by atomic mass is 31.2. The second kappa shape index (κ2) is 16.2. The molecule has 0 aliphatic rings. The number of phosphoric ester groups is 1. The van der Waals surface area contributed by atoms with Crippen molar-refractivity contribution in [1.82, 2.24) is 0 Å². The van der Waals surface area contributed by atoms with Crippen LogP contribution < -0.4 is 4.89 Å². The Balaban J connectivity index is 3.69. The Morgan fingerprint density at radius 1 is 0.966 bits per heavy atom. The summed E-state index contributed by atoms with van der Waals surface area (Å²) in [6, 6.07) is 0. The zero-order valence-corrected chi connectivity index (χ0v) is 19.7. The number of rotatable bonds is 19. The van der Waals surface area contributed by atoms with Crippen molar-refractivity contribution in [1.29, 1.82) is 0 Å². The molecular formula is C20H42NO7P. The van der Waals surface area contributed by atoms with Gasteiger partial charge in [0.1, 0.15) is 25.9 Å². The fourth-order valence-electron chi connectivity index (χ4n) is 2.53. The van der Waals surface area contributed by atoms with Crippen LogP contribution in [0.3, 0.4) is 0 Å². The van der Waals surface area contributed by atoms with Gasteiger partial charge in [-0.15, -0.1) is 0 Å². The molecule has 0 saturated carbocycles. The molecule has 0 amide bonds. The number of carbonyl (C=O) groups excluding carboxylic acids is 1. The number of esters is 1. The Bertz CT molecular complexity index is 468. The molecule has 0 heterocycles. The topological polar surface area (TPSA) is 105 Å². The monoisotopic (exact) mass is 439 g/mol. The first-order valence-electron chi connectivity index (χ1n) is 10.8. The fraction of sp³-hybridized carbons (Fsp3) is 0.950. The minimum atomic E-state index is -4.48. The predicted molar refractivity (Wildman–Crippen MR) is 111 cm³/mol. The molecule has 0 aromatic rings. The van der Waals surface area contributed by atoms with E-state index in [1.807, 2.05) is 21.1 Å². The summed E-state index contributed by atoms with van der Waals surface area (Å²) in [5.41, 5.74) is 0. The SMILES string of the molecule is CCCCCCCCCCCC(=O)OC[C@@H](O)COP(=O)([O-])OCC[N+](C)(C)C. The summed E-state index contributed by atoms with van der Waals surface area (Å²) in [5.74, 6) is -0.392. The van der Waals surface area contributed by atoms with Crippen molar-refractivity contribution in [2.24, 2.45) is 0 Å². The molecule has 1 N–H and O–H groups in total. The van der Waals surface area contributed by atoms with Crippen LogP contribution in [0.2, 0.25) is 0 Å². The Morgan fingerprint density at radius 3 is 2.07 bits per heavy atom. The molecule has 8 nitrogen and oxygen atoms in total. The van der Waals surface area contributed by atoms with E-state index in [1.54, 1.807) is 0 Å². The molecule has 0 aromatic heterocycles. The van der Waals surface area contributed by atoms with Crippen molar-refractivity contribution in [3.05, 3.63) is 0 Å². The first-order valence-corrected chi connectivity index (χ1v) is 12.3. The molecule has 0 spiro atoms. The van der Waals surface area contributed by atoms with Crippen LogP contribution in [0.5, 0.6) is 0 Å². The molecule has 1 unspecified atom stereocenters. The van der Waals surface area contributed by atoms with E-state index in [0.29, 0.717) is 17.4 Å². The summed E-state index contributed by atoms with van der Waals surface area (Å²) in [6.07, 6.45) is 9.54. The van der Waals surface area contributed by atoms with Crippen LogP contribution in [0.1, 0.15) is 71.1 Å². The number of carbonyl (C=O) groups is 1. The van der Waals surface area contributed by atoms with E-state index in [-0.39, 0.29) is 13.2 Å². The van der Waals surface area contributed by atoms with Crippen molar-refractivity contribution in [3.63, 3.8) is 0 Å². The van der Waals surface area contributed by atoms with Crippen LogP contribution in [0.25, 0.3) is 0 Å². The Morgan fingerprint density at radius 2 is 1.52 bits per heavy atom. The normalized spacial score (nSPS) is 15.1. The summed E-state index contributed by atoms with van der Waals surface area (Å²) >= 11 is 0. The molecule has 0 aliphatic carbocycles. The third kappa shape index (κ3) is 20.5. The van der Waals surface area contributed by atoms with Crippen LogP contribution in [-0.4, -0.2) is 69.2 Å². The van der Waals surface area contributed by atoms with Gasteiger partial charge in [-0.05, 0) is 6.42 Å². The van der Waals surface area contributed by atoms with Crippen molar-refractivity contribution in [2.45, 2.75) is 77.2 Å². The summed E-state index contributed by atoms with van der Waals surface area (Å²) < 4.78 is 26.5. The lowest BCUT2D eigenvalue weighted by molar-refractivity contribution is -0.870. The second-order valence-electron chi connectivity index (χ2n) is 8.51. The number of nitrogens with zero attached hydrogens (tertiary/aromatic N) is 1. The molecule has 0 radical (unpaired) electrons. The van der Waals surface area contributed by atoms with Gasteiger partial charge < -0.3 is 28.3 Å². The molecular weight excluding hydrogens is 397 g/mol. The predicted octanol–water partition coefficient (Wildman–Crippen LogP) is 3.02. The van der Waals surface area contributed by atoms with Gasteiger partial charge in [-0.3, -0.25) is 9.36 Å². The number of likely N-dealkylation sites (N-methyl/N-ethyl adjacent to an activating group) is 1. The van der Waals surface area contributed by atoms with Gasteiger partial charge in [0.2, 0.25) is 0 Å². The average molecular weight is 440 g/mol. The molecule has 2 atom stereocenters. The van der Waals surface area contributed by atoms with Gasteiger partial charge in [-0.2, -0.15) is 0 Å². The first-order chi connectivity index (χ1) is 13.6. The van der Waals surface area contributed by atoms with Crippen molar-refractivity contribution in [2.75, 3.05) is 47.5 Å². The van der Waals surface area contributed by atoms with E-state index in [0.717, 1.165) is 19.3 Å². The number of unbranched alkanes of at least 4 members (excludes halogenated alkanes) is 8. The number of phosphoric acid groups is 1. The van der Waals surface area contributed by atoms with Crippen LogP contribution in [0.15, 0.2) is 0 Å². The number of quaternary nitrogens is 1. The quantitative estimate of drug-likeness (QED) is 0.143. The van der Waals surface area contributed by atoms with Crippen molar-refractivity contribution >= 4 is 13.8 Å². The lowest BCUT2D eigenvalue weighted by Gasteiger charge is -2.27. The molecule has 0 aromatic carbocycles. The summed E-state index contributed by atoms with van der Waals surface area (Å²) in [6.45, 7) is 1.89. The zero-order valence-electron chi connectivity index (χ0n) is 18.8. The van der Waals surface area contributed by atoms with Gasteiger partial charge in [0.15, 0.2) is 0 Å². The third-order valence-electron chi connectivity index (χ3n) is 4.36. The molecule has 29 heavy (non-hydrogen) atoms. The summed E-state index contributed by atoms with van der Waals surface area (Å²) in [7, 11) is 1.25. The molecule has 174 valence electrons. The standard InChI is InChI=1S/C20H42NO7P/c1-5-6-7-8-9-10-11-12-13-14-20(23)26-17-19(22)18-28-29(24,25)27-16-15-21(2,3)4/h19,22H,5-18H2,1-4H3/t19-/m1/s1. The third-order valence-corrected chi connectivity index (χ3v) is 5.32. The summed E-state index contributed by atoms with van der Waals surface area (Å²) in [4.78, 5) is 23.3. The van der Waals surface area contributed by atoms with E-state index < -0.39 is 26.5 Å². The Kier molecular flexibility index (Phi) is 15.9.